The Kier molecular flexibility index (Phi) is 6.29. The fourth-order valence-electron chi connectivity index (χ4n) is 4.64. The molecule has 0 amide bonds. The van der Waals surface area contributed by atoms with Gasteiger partial charge in [-0.05, 0) is 23.1 Å². The lowest BCUT2D eigenvalue weighted by Crippen LogP contribution is -2.61. The van der Waals surface area contributed by atoms with Crippen molar-refractivity contribution in [2.75, 3.05) is 6.61 Å². The summed E-state index contributed by atoms with van der Waals surface area (Å²) < 4.78 is 5.87. The number of morpholine rings is 1. The third kappa shape index (κ3) is 4.17. The van der Waals surface area contributed by atoms with E-state index in [2.05, 4.69) is 72.5 Å². The Bertz CT molecular complexity index is 942. The van der Waals surface area contributed by atoms with Crippen LogP contribution in [-0.2, 0) is 22.5 Å². The van der Waals surface area contributed by atoms with Gasteiger partial charge in [-0.3, -0.25) is 9.69 Å². The monoisotopic (exact) mass is 399 g/mol. The minimum absolute atomic E-state index is 0.0272. The van der Waals surface area contributed by atoms with Gasteiger partial charge in [0.05, 0.1) is 6.04 Å². The van der Waals surface area contributed by atoms with Gasteiger partial charge in [0.1, 0.15) is 12.1 Å². The number of cyclic esters (lactones) is 1. The molecule has 3 aromatic rings. The molecule has 154 valence electrons. The number of hydrogen-bond donors (Lipinski definition) is 0. The zero-order chi connectivity index (χ0) is 20.8. The number of rotatable bonds is 7. The van der Waals surface area contributed by atoms with Crippen LogP contribution >= 0.6 is 0 Å². The van der Waals surface area contributed by atoms with Crippen molar-refractivity contribution in [1.82, 2.24) is 4.90 Å². The van der Waals surface area contributed by atoms with Gasteiger partial charge in [0.25, 0.3) is 0 Å². The predicted molar refractivity (Wildman–Crippen MR) is 120 cm³/mol. The average molecular weight is 400 g/mol. The summed E-state index contributed by atoms with van der Waals surface area (Å²) in [5.41, 5.74) is 2.87. The van der Waals surface area contributed by atoms with Crippen LogP contribution in [0.25, 0.3) is 0 Å². The molecule has 3 nitrogen and oxygen atoms in total. The topological polar surface area (TPSA) is 29.5 Å². The summed E-state index contributed by atoms with van der Waals surface area (Å²) >= 11 is 0. The van der Waals surface area contributed by atoms with Gasteiger partial charge in [-0.2, -0.15) is 0 Å². The lowest BCUT2D eigenvalue weighted by molar-refractivity contribution is -0.179. The molecule has 3 aromatic carbocycles. The standard InChI is InChI=1S/C27H29NO2/c1-2-18-27(19-22-12-6-3-7-13-22)26(29)30-21-25(24-16-10-5-11-17-24)28(27)20-23-14-8-4-9-15-23/h3-17,25H,2,18-21H2,1H3/t25-,27-/m0/s1. The molecular weight excluding hydrogens is 370 g/mol. The summed E-state index contributed by atoms with van der Waals surface area (Å²) in [6, 6.07) is 31.2. The number of nitrogens with zero attached hydrogens (tertiary/aromatic N) is 1. The Morgan fingerprint density at radius 2 is 1.43 bits per heavy atom. The first kappa shape index (κ1) is 20.4. The summed E-state index contributed by atoms with van der Waals surface area (Å²) in [6.45, 7) is 3.24. The quantitative estimate of drug-likeness (QED) is 0.487. The van der Waals surface area contributed by atoms with Crippen molar-refractivity contribution in [3.63, 3.8) is 0 Å². The minimum Gasteiger partial charge on any atom is -0.462 e. The van der Waals surface area contributed by atoms with E-state index < -0.39 is 5.54 Å². The Morgan fingerprint density at radius 3 is 2.03 bits per heavy atom. The highest BCUT2D eigenvalue weighted by Crippen LogP contribution is 2.40. The number of carbonyl (C=O) groups is 1. The van der Waals surface area contributed by atoms with Crippen molar-refractivity contribution >= 4 is 5.97 Å². The smallest absolute Gasteiger partial charge is 0.327 e. The molecule has 1 heterocycles. The lowest BCUT2D eigenvalue weighted by atomic mass is 9.81. The second-order valence-electron chi connectivity index (χ2n) is 8.08. The Morgan fingerprint density at radius 1 is 0.867 bits per heavy atom. The second kappa shape index (κ2) is 9.27. The van der Waals surface area contributed by atoms with E-state index in [0.717, 1.165) is 18.4 Å². The maximum absolute atomic E-state index is 13.4. The molecular formula is C27H29NO2. The summed E-state index contributed by atoms with van der Waals surface area (Å²) in [5.74, 6) is -0.101. The maximum Gasteiger partial charge on any atom is 0.327 e. The van der Waals surface area contributed by atoms with Crippen molar-refractivity contribution < 1.29 is 9.53 Å². The normalized spacial score (nSPS) is 21.9. The van der Waals surface area contributed by atoms with E-state index in [1.165, 1.54) is 11.1 Å². The van der Waals surface area contributed by atoms with Crippen LogP contribution in [0.1, 0.15) is 42.5 Å². The van der Waals surface area contributed by atoms with Crippen LogP contribution in [0.5, 0.6) is 0 Å². The molecule has 1 saturated heterocycles. The minimum atomic E-state index is -0.690. The largest absolute Gasteiger partial charge is 0.462 e. The zero-order valence-corrected chi connectivity index (χ0v) is 17.5. The molecule has 3 heteroatoms. The van der Waals surface area contributed by atoms with Crippen molar-refractivity contribution in [3.05, 3.63) is 108 Å². The fourth-order valence-corrected chi connectivity index (χ4v) is 4.64. The van der Waals surface area contributed by atoms with Crippen molar-refractivity contribution in [2.24, 2.45) is 0 Å². The molecule has 4 rings (SSSR count). The Labute approximate surface area is 179 Å². The van der Waals surface area contributed by atoms with Gasteiger partial charge in [0.2, 0.25) is 0 Å². The molecule has 0 saturated carbocycles. The van der Waals surface area contributed by atoms with Crippen LogP contribution < -0.4 is 0 Å². The van der Waals surface area contributed by atoms with Gasteiger partial charge in [0, 0.05) is 13.0 Å². The second-order valence-corrected chi connectivity index (χ2v) is 8.08. The number of benzene rings is 3. The zero-order valence-electron chi connectivity index (χ0n) is 17.5. The summed E-state index contributed by atoms with van der Waals surface area (Å²) in [4.78, 5) is 15.8. The molecule has 0 bridgehead atoms. The van der Waals surface area contributed by atoms with Crippen LogP contribution in [-0.4, -0.2) is 23.0 Å². The van der Waals surface area contributed by atoms with E-state index in [9.17, 15) is 4.79 Å². The van der Waals surface area contributed by atoms with Crippen LogP contribution in [0.4, 0.5) is 0 Å². The van der Waals surface area contributed by atoms with E-state index in [1.54, 1.807) is 0 Å². The van der Waals surface area contributed by atoms with E-state index in [1.807, 2.05) is 30.3 Å². The Balaban J connectivity index is 1.80. The highest BCUT2D eigenvalue weighted by atomic mass is 16.5. The first-order chi connectivity index (χ1) is 14.7. The highest BCUT2D eigenvalue weighted by Gasteiger charge is 2.51. The maximum atomic E-state index is 13.4. The van der Waals surface area contributed by atoms with Gasteiger partial charge in [0.15, 0.2) is 0 Å². The van der Waals surface area contributed by atoms with Gasteiger partial charge in [-0.15, -0.1) is 0 Å². The molecule has 1 aliphatic rings. The van der Waals surface area contributed by atoms with E-state index in [4.69, 9.17) is 4.74 Å². The molecule has 0 spiro atoms. The molecule has 30 heavy (non-hydrogen) atoms. The van der Waals surface area contributed by atoms with Crippen molar-refractivity contribution in [2.45, 2.75) is 44.3 Å². The predicted octanol–water partition coefficient (Wildman–Crippen LogP) is 5.57. The first-order valence-corrected chi connectivity index (χ1v) is 10.8. The highest BCUT2D eigenvalue weighted by molar-refractivity contribution is 5.82. The van der Waals surface area contributed by atoms with Crippen LogP contribution in [0.15, 0.2) is 91.0 Å². The van der Waals surface area contributed by atoms with Crippen LogP contribution in [0, 0.1) is 0 Å². The number of ether oxygens (including phenoxy) is 1. The number of hydrogen-bond acceptors (Lipinski definition) is 3. The van der Waals surface area contributed by atoms with Crippen molar-refractivity contribution in [3.8, 4) is 0 Å². The SMILES string of the molecule is CCC[C@]1(Cc2ccccc2)C(=O)OC[C@@H](c2ccccc2)N1Cc1ccccc1. The first-order valence-electron chi connectivity index (χ1n) is 10.8. The molecule has 0 radical (unpaired) electrons. The molecule has 1 fully saturated rings. The molecule has 0 aromatic heterocycles. The van der Waals surface area contributed by atoms with Gasteiger partial charge in [-0.1, -0.05) is 104 Å². The molecule has 0 N–H and O–H groups in total. The van der Waals surface area contributed by atoms with Gasteiger partial charge in [-0.25, -0.2) is 0 Å². The van der Waals surface area contributed by atoms with Gasteiger partial charge >= 0.3 is 5.97 Å². The summed E-state index contributed by atoms with van der Waals surface area (Å²) in [7, 11) is 0. The lowest BCUT2D eigenvalue weighted by Gasteiger charge is -2.50. The van der Waals surface area contributed by atoms with E-state index in [-0.39, 0.29) is 12.0 Å². The van der Waals surface area contributed by atoms with Crippen molar-refractivity contribution in [1.29, 1.82) is 0 Å². The number of carbonyl (C=O) groups excluding carboxylic acids is 1. The van der Waals surface area contributed by atoms with Crippen LogP contribution in [0.3, 0.4) is 0 Å². The summed E-state index contributed by atoms with van der Waals surface area (Å²) in [6.07, 6.45) is 2.32. The average Bonchev–Trinajstić information content (AvgIpc) is 2.79. The molecule has 0 unspecified atom stereocenters. The summed E-state index contributed by atoms with van der Waals surface area (Å²) in [5, 5.41) is 0. The third-order valence-electron chi connectivity index (χ3n) is 6.06. The number of esters is 1. The molecule has 1 aliphatic heterocycles. The third-order valence-corrected chi connectivity index (χ3v) is 6.06. The fraction of sp³-hybridized carbons (Fsp3) is 0.296. The van der Waals surface area contributed by atoms with E-state index in [0.29, 0.717) is 19.6 Å². The molecule has 2 atom stereocenters. The van der Waals surface area contributed by atoms with Gasteiger partial charge < -0.3 is 4.74 Å². The van der Waals surface area contributed by atoms with E-state index >= 15 is 0 Å². The van der Waals surface area contributed by atoms with Crippen LogP contribution in [0.2, 0.25) is 0 Å². The Hall–Kier alpha value is -2.91. The molecule has 0 aliphatic carbocycles.